The molecule has 2 aromatic carbocycles. The van der Waals surface area contributed by atoms with Gasteiger partial charge in [-0.3, -0.25) is 4.79 Å². The van der Waals surface area contributed by atoms with Crippen LogP contribution in [0.3, 0.4) is 0 Å². The molecule has 1 aromatic heterocycles. The number of methoxy groups -OCH3 is 1. The van der Waals surface area contributed by atoms with Gasteiger partial charge in [-0.2, -0.15) is 31.4 Å². The second-order valence-corrected chi connectivity index (χ2v) is 11.0. The lowest BCUT2D eigenvalue weighted by Crippen LogP contribution is -2.43. The first-order chi connectivity index (χ1) is 23.1. The van der Waals surface area contributed by atoms with Crippen LogP contribution in [0.15, 0.2) is 42.6 Å². The number of benzene rings is 2. The number of aliphatic carboxylic acids is 1. The number of halogens is 6. The van der Waals surface area contributed by atoms with Crippen LogP contribution in [0.25, 0.3) is 0 Å². The first-order valence-corrected chi connectivity index (χ1v) is 15.2. The lowest BCUT2D eigenvalue weighted by molar-refractivity contribution is -0.143. The van der Waals surface area contributed by atoms with Gasteiger partial charge >= 0.3 is 24.5 Å². The van der Waals surface area contributed by atoms with E-state index in [0.29, 0.717) is 42.0 Å². The van der Waals surface area contributed by atoms with Crippen LogP contribution in [0, 0.1) is 0 Å². The molecule has 0 fully saturated rings. The first-order valence-electron chi connectivity index (χ1n) is 15.2. The number of carboxylic acids is 1. The van der Waals surface area contributed by atoms with E-state index in [4.69, 9.17) is 24.2 Å². The summed E-state index contributed by atoms with van der Waals surface area (Å²) in [6.07, 6.45) is -9.61. The number of aromatic nitrogens is 2. The molecule has 2 N–H and O–H groups in total. The minimum absolute atomic E-state index is 0.0238. The van der Waals surface area contributed by atoms with Gasteiger partial charge in [-0.1, -0.05) is 6.92 Å². The summed E-state index contributed by atoms with van der Waals surface area (Å²) in [4.78, 5) is 37.5. The number of hydroxylamine groups is 1. The van der Waals surface area contributed by atoms with Crippen LogP contribution in [0.4, 0.5) is 42.8 Å². The Morgan fingerprint density at radius 2 is 1.73 bits per heavy atom. The SMILES string of the molecule is CCOC(=O)ON1c2ccc(OC)cc2[C@@H](Nc2ncc(OCCCC(=O)O)c(Cc3cc(C(F)(F)F)cc(C(F)(F)F)c3)n2)C[C@H]1CC. The van der Waals surface area contributed by atoms with Gasteiger partial charge in [0, 0.05) is 18.4 Å². The molecule has 0 spiro atoms. The summed E-state index contributed by atoms with van der Waals surface area (Å²) in [5.41, 5.74) is -2.23. The monoisotopic (exact) mass is 700 g/mol. The van der Waals surface area contributed by atoms with Crippen LogP contribution < -0.4 is 19.9 Å². The van der Waals surface area contributed by atoms with Crippen molar-refractivity contribution in [2.45, 2.75) is 70.4 Å². The van der Waals surface area contributed by atoms with Gasteiger partial charge in [0.25, 0.3) is 0 Å². The maximum atomic E-state index is 13.6. The highest BCUT2D eigenvalue weighted by Crippen LogP contribution is 2.42. The van der Waals surface area contributed by atoms with Crippen molar-refractivity contribution in [3.8, 4) is 11.5 Å². The number of nitrogens with one attached hydrogen (secondary N) is 1. The highest BCUT2D eigenvalue weighted by atomic mass is 19.4. The minimum Gasteiger partial charge on any atom is -0.497 e. The predicted molar refractivity (Wildman–Crippen MR) is 162 cm³/mol. The number of carbonyl (C=O) groups is 2. The molecule has 49 heavy (non-hydrogen) atoms. The molecular weight excluding hydrogens is 666 g/mol. The molecular formula is C32H34F6N4O7. The largest absolute Gasteiger partial charge is 0.533 e. The fourth-order valence-electron chi connectivity index (χ4n) is 5.25. The average Bonchev–Trinajstić information content (AvgIpc) is 3.03. The third kappa shape index (κ3) is 9.57. The fourth-order valence-corrected chi connectivity index (χ4v) is 5.25. The molecule has 0 radical (unpaired) electrons. The number of alkyl halides is 6. The number of carbonyl (C=O) groups excluding carboxylic acids is 1. The second kappa shape index (κ2) is 15.5. The van der Waals surface area contributed by atoms with E-state index in [1.165, 1.54) is 18.4 Å². The molecule has 0 aliphatic carbocycles. The van der Waals surface area contributed by atoms with Crippen LogP contribution in [-0.2, 0) is 33.1 Å². The van der Waals surface area contributed by atoms with Crippen molar-refractivity contribution < 1.29 is 60.1 Å². The first kappa shape index (κ1) is 36.9. The van der Waals surface area contributed by atoms with E-state index in [9.17, 15) is 35.9 Å². The molecule has 1 aliphatic rings. The standard InChI is InChI=1S/C32H34F6N4O7/c1-4-21-15-24(23-16-22(46-3)8-9-26(23)42(21)49-30(45)47-5-2)40-29-39-17-27(48-10-6-7-28(43)44)25(41-29)13-18-11-19(31(33,34)35)14-20(12-18)32(36,37)38/h8-9,11-12,14,16-17,21,24H,4-7,10,13,15H2,1-3H3,(H,43,44)(H,39,40,41)/t21-,24+/m1/s1. The second-order valence-electron chi connectivity index (χ2n) is 11.0. The molecule has 2 atom stereocenters. The zero-order valence-electron chi connectivity index (χ0n) is 26.7. The zero-order valence-corrected chi connectivity index (χ0v) is 26.7. The Bertz CT molecular complexity index is 1600. The third-order valence-electron chi connectivity index (χ3n) is 7.54. The molecule has 1 aliphatic heterocycles. The molecule has 2 heterocycles. The minimum atomic E-state index is -5.05. The van der Waals surface area contributed by atoms with Crippen molar-refractivity contribution in [3.63, 3.8) is 0 Å². The summed E-state index contributed by atoms with van der Waals surface area (Å²) in [5.74, 6) is -0.671. The van der Waals surface area contributed by atoms with Crippen LogP contribution in [0.1, 0.15) is 73.5 Å². The Morgan fingerprint density at radius 3 is 2.33 bits per heavy atom. The van der Waals surface area contributed by atoms with Crippen LogP contribution in [0.5, 0.6) is 11.5 Å². The lowest BCUT2D eigenvalue weighted by atomic mass is 9.91. The van der Waals surface area contributed by atoms with Gasteiger partial charge in [-0.15, -0.1) is 0 Å². The number of anilines is 2. The fraction of sp³-hybridized carbons (Fsp3) is 0.438. The summed E-state index contributed by atoms with van der Waals surface area (Å²) in [5, 5.41) is 13.6. The lowest BCUT2D eigenvalue weighted by Gasteiger charge is -2.40. The number of nitrogens with zero attached hydrogens (tertiary/aromatic N) is 3. The number of hydrogen-bond acceptors (Lipinski definition) is 10. The quantitative estimate of drug-likeness (QED) is 0.104. The highest BCUT2D eigenvalue weighted by molar-refractivity contribution is 5.67. The van der Waals surface area contributed by atoms with Gasteiger partial charge in [0.15, 0.2) is 5.75 Å². The third-order valence-corrected chi connectivity index (χ3v) is 7.54. The number of carboxylic acid groups (broad SMARTS) is 1. The number of rotatable bonds is 13. The van der Waals surface area contributed by atoms with Crippen molar-refractivity contribution in [2.24, 2.45) is 0 Å². The molecule has 17 heteroatoms. The number of fused-ring (bicyclic) bond motifs is 1. The number of ether oxygens (including phenoxy) is 3. The van der Waals surface area contributed by atoms with E-state index in [0.717, 1.165) is 0 Å². The predicted octanol–water partition coefficient (Wildman–Crippen LogP) is 7.59. The van der Waals surface area contributed by atoms with Crippen LogP contribution in [-0.4, -0.2) is 53.6 Å². The molecule has 0 saturated heterocycles. The van der Waals surface area contributed by atoms with Crippen molar-refractivity contribution in [2.75, 3.05) is 30.7 Å². The molecule has 0 unspecified atom stereocenters. The zero-order chi connectivity index (χ0) is 35.9. The van der Waals surface area contributed by atoms with E-state index in [2.05, 4.69) is 15.3 Å². The molecule has 266 valence electrons. The van der Waals surface area contributed by atoms with Gasteiger partial charge in [0.1, 0.15) is 5.75 Å². The molecule has 0 saturated carbocycles. The van der Waals surface area contributed by atoms with Gasteiger partial charge in [-0.05, 0) is 68.1 Å². The van der Waals surface area contributed by atoms with Crippen molar-refractivity contribution >= 4 is 23.8 Å². The summed E-state index contributed by atoms with van der Waals surface area (Å²) in [6, 6.07) is 5.43. The Morgan fingerprint density at radius 1 is 1.04 bits per heavy atom. The normalized spacial score (nSPS) is 16.1. The van der Waals surface area contributed by atoms with Gasteiger partial charge < -0.3 is 29.5 Å². The van der Waals surface area contributed by atoms with Crippen molar-refractivity contribution in [1.29, 1.82) is 0 Å². The highest BCUT2D eigenvalue weighted by Gasteiger charge is 2.38. The van der Waals surface area contributed by atoms with Crippen molar-refractivity contribution in [3.05, 3.63) is 70.5 Å². The topological polar surface area (TPSA) is 132 Å². The molecule has 0 bridgehead atoms. The Kier molecular flexibility index (Phi) is 11.7. The maximum absolute atomic E-state index is 13.6. The molecule has 0 amide bonds. The number of hydrogen-bond donors (Lipinski definition) is 2. The van der Waals surface area contributed by atoms with E-state index >= 15 is 0 Å². The Balaban J connectivity index is 1.73. The van der Waals surface area contributed by atoms with E-state index < -0.39 is 48.1 Å². The molecule has 3 aromatic rings. The van der Waals surface area contributed by atoms with Crippen molar-refractivity contribution in [1.82, 2.24) is 9.97 Å². The summed E-state index contributed by atoms with van der Waals surface area (Å²) < 4.78 is 97.6. The van der Waals surface area contributed by atoms with Gasteiger partial charge in [0.2, 0.25) is 5.95 Å². The summed E-state index contributed by atoms with van der Waals surface area (Å²) in [6.45, 7) is 3.49. The van der Waals surface area contributed by atoms with Gasteiger partial charge in [0.05, 0.1) is 61.1 Å². The van der Waals surface area contributed by atoms with Crippen LogP contribution >= 0.6 is 0 Å². The summed E-state index contributed by atoms with van der Waals surface area (Å²) >= 11 is 0. The smallest absolute Gasteiger partial charge is 0.497 e. The van der Waals surface area contributed by atoms with E-state index in [1.54, 1.807) is 25.1 Å². The summed E-state index contributed by atoms with van der Waals surface area (Å²) in [7, 11) is 1.47. The van der Waals surface area contributed by atoms with Gasteiger partial charge in [-0.25, -0.2) is 14.8 Å². The van der Waals surface area contributed by atoms with Crippen LogP contribution in [0.2, 0.25) is 0 Å². The molecule has 11 nitrogen and oxygen atoms in total. The Hall–Kier alpha value is -4.96. The average molecular weight is 701 g/mol. The van der Waals surface area contributed by atoms with E-state index in [1.807, 2.05) is 6.92 Å². The van der Waals surface area contributed by atoms with E-state index in [-0.39, 0.29) is 61.1 Å². The Labute approximate surface area is 277 Å². The molecule has 4 rings (SSSR count). The maximum Gasteiger partial charge on any atom is 0.533 e.